The molecule has 0 saturated heterocycles. The summed E-state index contributed by atoms with van der Waals surface area (Å²) in [6, 6.07) is 23.0. The summed E-state index contributed by atoms with van der Waals surface area (Å²) >= 11 is 0. The van der Waals surface area contributed by atoms with Crippen LogP contribution in [0.25, 0.3) is 16.7 Å². The first-order valence-electron chi connectivity index (χ1n) is 18.3. The van der Waals surface area contributed by atoms with Gasteiger partial charge in [-0.3, -0.25) is 4.79 Å². The number of carbonyl (C=O) groups is 2. The maximum absolute atomic E-state index is 9.68. The molecule has 0 atom stereocenters. The largest absolute Gasteiger partial charge is 0.483 e. The quantitative estimate of drug-likeness (QED) is 0.0553. The lowest BCUT2D eigenvalue weighted by Crippen LogP contribution is -2.01. The predicted molar refractivity (Wildman–Crippen MR) is 220 cm³/mol. The number of nitrogens with one attached hydrogen (secondary N) is 1. The predicted octanol–water partition coefficient (Wildman–Crippen LogP) is 12.1. The summed E-state index contributed by atoms with van der Waals surface area (Å²) in [5, 5.41) is 10.1. The third-order valence-corrected chi connectivity index (χ3v) is 7.95. The Balaban J connectivity index is 0.000000661. The Hall–Kier alpha value is -5.17. The molecule has 0 saturated carbocycles. The van der Waals surface area contributed by atoms with E-state index in [0.29, 0.717) is 0 Å². The fraction of sp³-hybridized carbons (Fsp3) is 0.356. The highest BCUT2D eigenvalue weighted by Gasteiger charge is 2.10. The molecule has 280 valence electrons. The number of rotatable bonds is 15. The summed E-state index contributed by atoms with van der Waals surface area (Å²) < 4.78 is 8.26. The van der Waals surface area contributed by atoms with Crippen molar-refractivity contribution in [2.75, 3.05) is 12.4 Å². The van der Waals surface area contributed by atoms with Crippen LogP contribution in [0.1, 0.15) is 103 Å². The third kappa shape index (κ3) is 17.2. The fourth-order valence-corrected chi connectivity index (χ4v) is 5.06. The van der Waals surface area contributed by atoms with E-state index < -0.39 is 0 Å². The molecule has 1 heterocycles. The van der Waals surface area contributed by atoms with E-state index in [4.69, 9.17) is 19.6 Å². The second-order valence-electron chi connectivity index (χ2n) is 12.5. The van der Waals surface area contributed by atoms with Gasteiger partial charge in [-0.05, 0) is 106 Å². The van der Waals surface area contributed by atoms with Crippen molar-refractivity contribution in [3.05, 3.63) is 126 Å². The lowest BCUT2D eigenvalue weighted by Gasteiger charge is -2.10. The van der Waals surface area contributed by atoms with Crippen LogP contribution in [0, 0.1) is 6.92 Å². The average Bonchev–Trinajstić information content (AvgIpc) is 3.55. The molecule has 4 aromatic rings. The van der Waals surface area contributed by atoms with Gasteiger partial charge in [0.25, 0.3) is 6.47 Å². The van der Waals surface area contributed by atoms with Crippen LogP contribution in [-0.4, -0.2) is 34.5 Å². The molecule has 0 aliphatic carbocycles. The number of hydrogen-bond acceptors (Lipinski definition) is 5. The maximum Gasteiger partial charge on any atom is 0.290 e. The summed E-state index contributed by atoms with van der Waals surface area (Å²) in [4.78, 5) is 22.9. The number of carboxylic acid groups (broad SMARTS) is 1. The molecule has 0 unspecified atom stereocenters. The minimum absolute atomic E-state index is 0.250. The van der Waals surface area contributed by atoms with Crippen LogP contribution in [0.2, 0.25) is 0 Å². The first kappa shape index (κ1) is 44.9. The van der Waals surface area contributed by atoms with E-state index in [1.807, 2.05) is 43.5 Å². The van der Waals surface area contributed by atoms with Crippen LogP contribution in [-0.2, 0) is 22.6 Å². The van der Waals surface area contributed by atoms with Gasteiger partial charge in [-0.15, -0.1) is 0 Å². The number of aryl methyl sites for hydroxylation is 2. The molecule has 4 rings (SSSR count). The number of allylic oxidation sites excluding steroid dienone is 5. The Labute approximate surface area is 313 Å². The van der Waals surface area contributed by atoms with E-state index in [-0.39, 0.29) is 6.47 Å². The molecular weight excluding hydrogens is 647 g/mol. The number of aromatic nitrogens is 2. The number of hydrogen-bond donors (Lipinski definition) is 2. The summed E-state index contributed by atoms with van der Waals surface area (Å²) in [6.07, 6.45) is 16.7. The Morgan fingerprint density at radius 2 is 1.50 bits per heavy atom. The van der Waals surface area contributed by atoms with Crippen molar-refractivity contribution in [3.8, 4) is 22.6 Å². The molecule has 0 radical (unpaired) electrons. The molecule has 0 aliphatic rings. The Morgan fingerprint density at radius 1 is 0.885 bits per heavy atom. The smallest absolute Gasteiger partial charge is 0.290 e. The van der Waals surface area contributed by atoms with Crippen molar-refractivity contribution in [2.24, 2.45) is 0 Å². The van der Waals surface area contributed by atoms with Crippen molar-refractivity contribution < 1.29 is 19.4 Å². The first-order valence-corrected chi connectivity index (χ1v) is 18.3. The molecular formula is C45H61N3O4. The average molecular weight is 708 g/mol. The van der Waals surface area contributed by atoms with Gasteiger partial charge >= 0.3 is 0 Å². The van der Waals surface area contributed by atoms with Gasteiger partial charge in [0.05, 0.1) is 5.69 Å². The van der Waals surface area contributed by atoms with Gasteiger partial charge in [-0.1, -0.05) is 99.9 Å². The van der Waals surface area contributed by atoms with E-state index in [2.05, 4.69) is 114 Å². The van der Waals surface area contributed by atoms with E-state index in [1.165, 1.54) is 42.4 Å². The molecule has 1 aromatic heterocycles. The van der Waals surface area contributed by atoms with Crippen molar-refractivity contribution >= 4 is 24.0 Å². The van der Waals surface area contributed by atoms with E-state index >= 15 is 0 Å². The minimum Gasteiger partial charge on any atom is -0.483 e. The first-order chi connectivity index (χ1) is 25.1. The van der Waals surface area contributed by atoms with Crippen LogP contribution in [0.3, 0.4) is 0 Å². The van der Waals surface area contributed by atoms with Gasteiger partial charge in [-0.25, -0.2) is 4.98 Å². The zero-order chi connectivity index (χ0) is 38.7. The van der Waals surface area contributed by atoms with Crippen molar-refractivity contribution in [1.29, 1.82) is 0 Å². The highest BCUT2D eigenvalue weighted by molar-refractivity contribution is 5.65. The number of ether oxygens (including phenoxy) is 1. The highest BCUT2D eigenvalue weighted by Crippen LogP contribution is 2.29. The standard InChI is InChI=1S/C31H33N3O.C7H14.C6H12O.CH2O2/c1-6-8-22(3)30-21-34(7-2)31(33-30)20-24-9-11-25(12-10-24)26-13-15-27(16-14-26)35-28-17-18-29(32-5)23(4)19-28;1-4-5-6-7(2)3;1-2-3-4-5-6-7;2-1-3/h6,8-19,21,32H,1,7,20H2,2-5H3;6H,4-5H2,1-3H3;6H,2-5H2,1H3;1H,(H,2,3)/b22-8+;;;. The van der Waals surface area contributed by atoms with Gasteiger partial charge in [0.15, 0.2) is 0 Å². The molecule has 7 nitrogen and oxygen atoms in total. The molecule has 2 N–H and O–H groups in total. The molecule has 52 heavy (non-hydrogen) atoms. The zero-order valence-electron chi connectivity index (χ0n) is 32.7. The second kappa shape index (κ2) is 26.6. The summed E-state index contributed by atoms with van der Waals surface area (Å²) in [6.45, 7) is 19.3. The van der Waals surface area contributed by atoms with Crippen LogP contribution in [0.15, 0.2) is 103 Å². The van der Waals surface area contributed by atoms with E-state index in [9.17, 15) is 4.79 Å². The topological polar surface area (TPSA) is 93.5 Å². The van der Waals surface area contributed by atoms with Crippen molar-refractivity contribution in [3.63, 3.8) is 0 Å². The molecule has 3 aromatic carbocycles. The van der Waals surface area contributed by atoms with E-state index in [0.717, 1.165) is 77.5 Å². The van der Waals surface area contributed by atoms with Crippen LogP contribution in [0.5, 0.6) is 11.5 Å². The van der Waals surface area contributed by atoms with Gasteiger partial charge in [0.1, 0.15) is 23.6 Å². The number of unbranched alkanes of at least 4 members (excludes halogenated alkanes) is 4. The third-order valence-electron chi connectivity index (χ3n) is 7.95. The number of benzene rings is 3. The van der Waals surface area contributed by atoms with Gasteiger partial charge in [-0.2, -0.15) is 0 Å². The van der Waals surface area contributed by atoms with Crippen LogP contribution in [0.4, 0.5) is 5.69 Å². The second-order valence-corrected chi connectivity index (χ2v) is 12.5. The molecule has 0 amide bonds. The normalized spacial score (nSPS) is 10.2. The molecule has 0 spiro atoms. The fourth-order valence-electron chi connectivity index (χ4n) is 5.06. The summed E-state index contributed by atoms with van der Waals surface area (Å²) in [7, 11) is 1.92. The number of carbonyl (C=O) groups excluding carboxylic acids is 1. The van der Waals surface area contributed by atoms with Crippen LogP contribution >= 0.6 is 0 Å². The van der Waals surface area contributed by atoms with Crippen LogP contribution < -0.4 is 10.1 Å². The van der Waals surface area contributed by atoms with E-state index in [1.54, 1.807) is 6.08 Å². The number of aldehydes is 1. The number of imidazole rings is 1. The lowest BCUT2D eigenvalue weighted by atomic mass is 10.0. The monoisotopic (exact) mass is 707 g/mol. The summed E-state index contributed by atoms with van der Waals surface area (Å²) in [5.74, 6) is 2.74. The minimum atomic E-state index is -0.250. The Bertz CT molecular complexity index is 1660. The molecule has 0 aliphatic heterocycles. The highest BCUT2D eigenvalue weighted by atomic mass is 16.5. The van der Waals surface area contributed by atoms with Crippen molar-refractivity contribution in [2.45, 2.75) is 100.0 Å². The van der Waals surface area contributed by atoms with Crippen molar-refractivity contribution in [1.82, 2.24) is 9.55 Å². The van der Waals surface area contributed by atoms with Gasteiger partial charge < -0.3 is 24.5 Å². The molecule has 0 bridgehead atoms. The number of anilines is 1. The number of nitrogens with zero attached hydrogens (tertiary/aromatic N) is 2. The van der Waals surface area contributed by atoms with Gasteiger partial charge in [0, 0.05) is 38.3 Å². The van der Waals surface area contributed by atoms with Gasteiger partial charge in [0.2, 0.25) is 0 Å². The Morgan fingerprint density at radius 3 is 1.98 bits per heavy atom. The zero-order valence-corrected chi connectivity index (χ0v) is 32.7. The Kier molecular flexibility index (Phi) is 23.0. The molecule has 0 fully saturated rings. The lowest BCUT2D eigenvalue weighted by molar-refractivity contribution is -0.122. The summed E-state index contributed by atoms with van der Waals surface area (Å²) in [5.41, 5.74) is 9.41. The maximum atomic E-state index is 9.68. The SMILES string of the molecule is C=C/C=C(\C)c1cn(CC)c(Cc2ccc(-c3ccc(Oc4ccc(NC)c(C)c4)cc3)cc2)n1.CCCC=C(C)C.CCCCCC=O.O=CO. The molecule has 7 heteroatoms.